The second-order valence-corrected chi connectivity index (χ2v) is 4.47. The largest absolute Gasteiger partial charge is 0.390 e. The van der Waals surface area contributed by atoms with Gasteiger partial charge in [0.25, 0.3) is 5.69 Å². The summed E-state index contributed by atoms with van der Waals surface area (Å²) < 4.78 is 5.08. The van der Waals surface area contributed by atoms with E-state index < -0.39 is 11.0 Å². The number of hydrogen-bond acceptors (Lipinski definition) is 5. The third-order valence-corrected chi connectivity index (χ3v) is 3.16. The van der Waals surface area contributed by atoms with Crippen molar-refractivity contribution in [2.24, 2.45) is 0 Å². The molecule has 0 saturated carbocycles. The van der Waals surface area contributed by atoms with E-state index in [0.717, 1.165) is 4.90 Å². The van der Waals surface area contributed by atoms with Crippen LogP contribution in [-0.4, -0.2) is 35.1 Å². The van der Waals surface area contributed by atoms with Crippen LogP contribution in [0.25, 0.3) is 0 Å². The first-order valence-electron chi connectivity index (χ1n) is 5.26. The lowest BCUT2D eigenvalue weighted by Gasteiger charge is -2.09. The zero-order chi connectivity index (χ0) is 12.7. The first-order valence-corrected chi connectivity index (χ1v) is 6.25. The Hall–Kier alpha value is -1.11. The number of nitro groups is 1. The Labute approximate surface area is 104 Å². The van der Waals surface area contributed by atoms with Crippen LogP contribution < -0.4 is 0 Å². The van der Waals surface area contributed by atoms with Gasteiger partial charge < -0.3 is 9.84 Å². The summed E-state index contributed by atoms with van der Waals surface area (Å²) in [6, 6.07) is 6.26. The van der Waals surface area contributed by atoms with Crippen LogP contribution in [0.2, 0.25) is 0 Å². The van der Waals surface area contributed by atoms with Crippen LogP contribution in [-0.2, 0) is 4.74 Å². The number of ether oxygens (including phenoxy) is 1. The van der Waals surface area contributed by atoms with Gasteiger partial charge in [-0.2, -0.15) is 0 Å². The number of hydrogen-bond donors (Lipinski definition) is 1. The van der Waals surface area contributed by atoms with E-state index in [0.29, 0.717) is 19.0 Å². The number of nitro benzene ring substituents is 1. The first kappa shape index (κ1) is 14.0. The van der Waals surface area contributed by atoms with E-state index in [1.54, 1.807) is 12.1 Å². The summed E-state index contributed by atoms with van der Waals surface area (Å²) in [7, 11) is 0. The highest BCUT2D eigenvalue weighted by Crippen LogP contribution is 2.21. The highest BCUT2D eigenvalue weighted by molar-refractivity contribution is 7.99. The Bertz CT molecular complexity index is 355. The average molecular weight is 257 g/mol. The maximum atomic E-state index is 10.4. The molecule has 1 aromatic rings. The van der Waals surface area contributed by atoms with Gasteiger partial charge in [-0.3, -0.25) is 10.1 Å². The lowest BCUT2D eigenvalue weighted by Crippen LogP contribution is -2.17. The molecule has 0 fully saturated rings. The van der Waals surface area contributed by atoms with Crippen LogP contribution >= 0.6 is 11.8 Å². The van der Waals surface area contributed by atoms with Crippen LogP contribution in [0.3, 0.4) is 0 Å². The predicted molar refractivity (Wildman–Crippen MR) is 66.3 cm³/mol. The minimum absolute atomic E-state index is 0.0733. The third-order valence-electron chi connectivity index (χ3n) is 2.00. The van der Waals surface area contributed by atoms with Gasteiger partial charge in [0.1, 0.15) is 0 Å². The standard InChI is InChI=1S/C11H15NO4S/c1-2-16-7-10(13)8-17-11-5-3-9(4-6-11)12(14)15/h3-6,10,13H,2,7-8H2,1H3. The molecular weight excluding hydrogens is 242 g/mol. The minimum Gasteiger partial charge on any atom is -0.390 e. The predicted octanol–water partition coefficient (Wildman–Crippen LogP) is 2.08. The molecule has 0 aliphatic carbocycles. The van der Waals surface area contributed by atoms with Gasteiger partial charge in [-0.1, -0.05) is 0 Å². The van der Waals surface area contributed by atoms with Crippen LogP contribution in [0.15, 0.2) is 29.2 Å². The molecule has 0 amide bonds. The van der Waals surface area contributed by atoms with Crippen LogP contribution in [0, 0.1) is 10.1 Å². The summed E-state index contributed by atoms with van der Waals surface area (Å²) in [6.07, 6.45) is -0.518. The quantitative estimate of drug-likeness (QED) is 0.460. The van der Waals surface area contributed by atoms with Crippen LogP contribution in [0.5, 0.6) is 0 Å². The highest BCUT2D eigenvalue weighted by Gasteiger charge is 2.07. The van der Waals surface area contributed by atoms with Gasteiger partial charge in [-0.05, 0) is 19.1 Å². The number of rotatable bonds is 7. The maximum absolute atomic E-state index is 10.4. The van der Waals surface area contributed by atoms with Gasteiger partial charge >= 0.3 is 0 Å². The molecule has 17 heavy (non-hydrogen) atoms. The molecule has 0 heterocycles. The van der Waals surface area contributed by atoms with Gasteiger partial charge in [-0.15, -0.1) is 11.8 Å². The van der Waals surface area contributed by atoms with E-state index in [9.17, 15) is 15.2 Å². The Kier molecular flexibility index (Phi) is 5.96. The fourth-order valence-corrected chi connectivity index (χ4v) is 1.97. The molecule has 1 unspecified atom stereocenters. The van der Waals surface area contributed by atoms with E-state index in [4.69, 9.17) is 4.74 Å². The molecule has 0 aliphatic rings. The van der Waals surface area contributed by atoms with Gasteiger partial charge in [0.2, 0.25) is 0 Å². The molecule has 0 aromatic heterocycles. The van der Waals surface area contributed by atoms with E-state index in [-0.39, 0.29) is 5.69 Å². The van der Waals surface area contributed by atoms with Crippen molar-refractivity contribution in [2.75, 3.05) is 19.0 Å². The Balaban J connectivity index is 2.39. The molecule has 5 nitrogen and oxygen atoms in total. The van der Waals surface area contributed by atoms with Gasteiger partial charge in [0.05, 0.1) is 17.6 Å². The molecule has 1 N–H and O–H groups in total. The molecule has 94 valence electrons. The zero-order valence-electron chi connectivity index (χ0n) is 9.54. The lowest BCUT2D eigenvalue weighted by atomic mass is 10.3. The summed E-state index contributed by atoms with van der Waals surface area (Å²) in [5.74, 6) is 0.512. The number of non-ortho nitro benzene ring substituents is 1. The molecule has 1 aromatic carbocycles. The van der Waals surface area contributed by atoms with E-state index in [1.807, 2.05) is 6.92 Å². The number of aliphatic hydroxyl groups is 1. The van der Waals surface area contributed by atoms with E-state index >= 15 is 0 Å². The van der Waals surface area contributed by atoms with E-state index in [2.05, 4.69) is 0 Å². The first-order chi connectivity index (χ1) is 8.13. The van der Waals surface area contributed by atoms with Crippen molar-refractivity contribution in [2.45, 2.75) is 17.9 Å². The van der Waals surface area contributed by atoms with Gasteiger partial charge in [-0.25, -0.2) is 0 Å². The fourth-order valence-electron chi connectivity index (χ4n) is 1.16. The van der Waals surface area contributed by atoms with Crippen molar-refractivity contribution in [3.8, 4) is 0 Å². The van der Waals surface area contributed by atoms with Crippen molar-refractivity contribution in [3.63, 3.8) is 0 Å². The van der Waals surface area contributed by atoms with E-state index in [1.165, 1.54) is 23.9 Å². The van der Waals surface area contributed by atoms with Crippen LogP contribution in [0.4, 0.5) is 5.69 Å². The molecule has 1 rings (SSSR count). The molecular formula is C11H15NO4S. The van der Waals surface area contributed by atoms with Gasteiger partial charge in [0, 0.05) is 29.4 Å². The average Bonchev–Trinajstić information content (AvgIpc) is 2.34. The lowest BCUT2D eigenvalue weighted by molar-refractivity contribution is -0.384. The SMILES string of the molecule is CCOCC(O)CSc1ccc([N+](=O)[O-])cc1. The third kappa shape index (κ3) is 5.16. The fraction of sp³-hybridized carbons (Fsp3) is 0.455. The topological polar surface area (TPSA) is 72.6 Å². The molecule has 1 atom stereocenters. The Morgan fingerprint density at radius 2 is 2.12 bits per heavy atom. The van der Waals surface area contributed by atoms with Crippen molar-refractivity contribution < 1.29 is 14.8 Å². The Morgan fingerprint density at radius 3 is 2.65 bits per heavy atom. The Morgan fingerprint density at radius 1 is 1.47 bits per heavy atom. The maximum Gasteiger partial charge on any atom is 0.269 e. The summed E-state index contributed by atoms with van der Waals surface area (Å²) in [4.78, 5) is 10.9. The van der Waals surface area contributed by atoms with Crippen molar-refractivity contribution in [3.05, 3.63) is 34.4 Å². The number of thioether (sulfide) groups is 1. The number of aliphatic hydroxyl groups excluding tert-OH is 1. The molecule has 0 radical (unpaired) electrons. The molecule has 0 aliphatic heterocycles. The van der Waals surface area contributed by atoms with Gasteiger partial charge in [0.15, 0.2) is 0 Å². The molecule has 6 heteroatoms. The summed E-state index contributed by atoms with van der Waals surface area (Å²) in [5.41, 5.74) is 0.0733. The van der Waals surface area contributed by atoms with Crippen molar-refractivity contribution in [1.82, 2.24) is 0 Å². The molecule has 0 bridgehead atoms. The zero-order valence-corrected chi connectivity index (χ0v) is 10.4. The van der Waals surface area contributed by atoms with Crippen LogP contribution in [0.1, 0.15) is 6.92 Å². The minimum atomic E-state index is -0.518. The van der Waals surface area contributed by atoms with Crippen molar-refractivity contribution in [1.29, 1.82) is 0 Å². The normalized spacial score (nSPS) is 12.4. The summed E-state index contributed by atoms with van der Waals surface area (Å²) >= 11 is 1.45. The second kappa shape index (κ2) is 7.26. The molecule has 0 spiro atoms. The number of benzene rings is 1. The highest BCUT2D eigenvalue weighted by atomic mass is 32.2. The summed E-state index contributed by atoms with van der Waals surface area (Å²) in [5, 5.41) is 20.0. The monoisotopic (exact) mass is 257 g/mol. The van der Waals surface area contributed by atoms with Crippen molar-refractivity contribution >= 4 is 17.4 Å². The molecule has 0 saturated heterocycles. The second-order valence-electron chi connectivity index (χ2n) is 3.38. The number of nitrogens with zero attached hydrogens (tertiary/aromatic N) is 1. The smallest absolute Gasteiger partial charge is 0.269 e. The summed E-state index contributed by atoms with van der Waals surface area (Å²) in [6.45, 7) is 2.77.